The largest absolute Gasteiger partial charge is 0.330 e. The van der Waals surface area contributed by atoms with Crippen LogP contribution in [0.5, 0.6) is 0 Å². The minimum absolute atomic E-state index is 0.437. The van der Waals surface area contributed by atoms with Crippen LogP contribution < -0.4 is 5.73 Å². The van der Waals surface area contributed by atoms with Gasteiger partial charge in [-0.25, -0.2) is 0 Å². The number of ketones is 1. The fourth-order valence-corrected chi connectivity index (χ4v) is 2.24. The summed E-state index contributed by atoms with van der Waals surface area (Å²) < 4.78 is 0. The lowest BCUT2D eigenvalue weighted by Crippen LogP contribution is -2.23. The first-order chi connectivity index (χ1) is 5.69. The van der Waals surface area contributed by atoms with Crippen molar-refractivity contribution in [3.05, 3.63) is 0 Å². The number of carbonyl (C=O) groups excluding carboxylic acids is 1. The molecule has 0 bridgehead atoms. The van der Waals surface area contributed by atoms with Crippen molar-refractivity contribution in [1.29, 1.82) is 0 Å². The molecule has 0 heterocycles. The van der Waals surface area contributed by atoms with Gasteiger partial charge in [0.1, 0.15) is 5.78 Å². The standard InChI is InChI=1S/C10H19NO/c1-3-8-4-9(12)5-10(8)7(2)6-11/h7-8,10H,3-6,11H2,1-2H3. The fourth-order valence-electron chi connectivity index (χ4n) is 2.24. The van der Waals surface area contributed by atoms with Crippen molar-refractivity contribution in [2.45, 2.75) is 33.1 Å². The highest BCUT2D eigenvalue weighted by molar-refractivity contribution is 5.81. The molecule has 0 aromatic carbocycles. The molecule has 0 aromatic heterocycles. The van der Waals surface area contributed by atoms with Crippen LogP contribution in [0.25, 0.3) is 0 Å². The Kier molecular flexibility index (Phi) is 3.27. The van der Waals surface area contributed by atoms with E-state index >= 15 is 0 Å². The monoisotopic (exact) mass is 169 g/mol. The molecule has 0 saturated heterocycles. The average Bonchev–Trinajstić information content (AvgIpc) is 2.45. The number of carbonyl (C=O) groups is 1. The van der Waals surface area contributed by atoms with Gasteiger partial charge < -0.3 is 5.73 Å². The molecule has 1 aliphatic carbocycles. The number of rotatable bonds is 3. The van der Waals surface area contributed by atoms with Gasteiger partial charge in [0.2, 0.25) is 0 Å². The highest BCUT2D eigenvalue weighted by atomic mass is 16.1. The van der Waals surface area contributed by atoms with Crippen LogP contribution >= 0.6 is 0 Å². The van der Waals surface area contributed by atoms with Crippen molar-refractivity contribution in [2.75, 3.05) is 6.54 Å². The second-order valence-corrected chi connectivity index (χ2v) is 3.99. The van der Waals surface area contributed by atoms with Crippen molar-refractivity contribution in [3.63, 3.8) is 0 Å². The van der Waals surface area contributed by atoms with E-state index in [9.17, 15) is 4.79 Å². The van der Waals surface area contributed by atoms with E-state index in [1.165, 1.54) is 0 Å². The van der Waals surface area contributed by atoms with E-state index in [1.807, 2.05) is 0 Å². The summed E-state index contributed by atoms with van der Waals surface area (Å²) in [5.41, 5.74) is 5.60. The van der Waals surface area contributed by atoms with Crippen LogP contribution in [-0.4, -0.2) is 12.3 Å². The number of hydrogen-bond acceptors (Lipinski definition) is 2. The summed E-state index contributed by atoms with van der Waals surface area (Å²) in [6, 6.07) is 0. The van der Waals surface area contributed by atoms with Crippen LogP contribution in [0.3, 0.4) is 0 Å². The van der Waals surface area contributed by atoms with Gasteiger partial charge in [0.15, 0.2) is 0 Å². The molecule has 70 valence electrons. The van der Waals surface area contributed by atoms with Crippen LogP contribution in [0.15, 0.2) is 0 Å². The summed E-state index contributed by atoms with van der Waals surface area (Å²) >= 11 is 0. The van der Waals surface area contributed by atoms with E-state index in [-0.39, 0.29) is 0 Å². The third kappa shape index (κ3) is 1.86. The van der Waals surface area contributed by atoms with Gasteiger partial charge in [-0.3, -0.25) is 4.79 Å². The van der Waals surface area contributed by atoms with Gasteiger partial charge in [0.05, 0.1) is 0 Å². The smallest absolute Gasteiger partial charge is 0.133 e. The molecular formula is C10H19NO. The van der Waals surface area contributed by atoms with Gasteiger partial charge in [-0.05, 0) is 24.3 Å². The molecule has 2 N–H and O–H groups in total. The summed E-state index contributed by atoms with van der Waals surface area (Å²) in [6.07, 6.45) is 2.70. The van der Waals surface area contributed by atoms with E-state index in [4.69, 9.17) is 5.73 Å². The lowest BCUT2D eigenvalue weighted by molar-refractivity contribution is -0.117. The lowest BCUT2D eigenvalue weighted by Gasteiger charge is -2.22. The first-order valence-electron chi connectivity index (χ1n) is 4.90. The molecule has 0 spiro atoms. The number of Topliss-reactive ketones (excluding diaryl/α,β-unsaturated/α-hetero) is 1. The first kappa shape index (κ1) is 9.72. The van der Waals surface area contributed by atoms with Gasteiger partial charge in [0.25, 0.3) is 0 Å². The predicted molar refractivity (Wildman–Crippen MR) is 49.7 cm³/mol. The van der Waals surface area contributed by atoms with Crippen LogP contribution in [0.2, 0.25) is 0 Å². The molecule has 1 aliphatic rings. The molecule has 3 unspecified atom stereocenters. The normalized spacial score (nSPS) is 32.4. The molecule has 0 aromatic rings. The van der Waals surface area contributed by atoms with Crippen molar-refractivity contribution < 1.29 is 4.79 Å². The van der Waals surface area contributed by atoms with Crippen LogP contribution in [0.1, 0.15) is 33.1 Å². The maximum absolute atomic E-state index is 11.2. The quantitative estimate of drug-likeness (QED) is 0.697. The Labute approximate surface area is 74.5 Å². The van der Waals surface area contributed by atoms with Gasteiger partial charge in [0, 0.05) is 12.8 Å². The SMILES string of the molecule is CCC1CC(=O)CC1C(C)CN. The molecule has 2 heteroatoms. The minimum atomic E-state index is 0.437. The van der Waals surface area contributed by atoms with Crippen LogP contribution in [-0.2, 0) is 4.79 Å². The highest BCUT2D eigenvalue weighted by Gasteiger charge is 2.34. The first-order valence-corrected chi connectivity index (χ1v) is 4.90. The Morgan fingerprint density at radius 2 is 2.25 bits per heavy atom. The third-order valence-electron chi connectivity index (χ3n) is 3.19. The fraction of sp³-hybridized carbons (Fsp3) is 0.900. The van der Waals surface area contributed by atoms with Gasteiger partial charge in [-0.15, -0.1) is 0 Å². The summed E-state index contributed by atoms with van der Waals surface area (Å²) in [6.45, 7) is 5.04. The highest BCUT2D eigenvalue weighted by Crippen LogP contribution is 2.36. The van der Waals surface area contributed by atoms with E-state index in [1.54, 1.807) is 0 Å². The molecule has 12 heavy (non-hydrogen) atoms. The molecule has 0 radical (unpaired) electrons. The predicted octanol–water partition coefficient (Wildman–Crippen LogP) is 1.59. The Morgan fingerprint density at radius 3 is 2.75 bits per heavy atom. The lowest BCUT2D eigenvalue weighted by atomic mass is 9.84. The van der Waals surface area contributed by atoms with Crippen molar-refractivity contribution >= 4 is 5.78 Å². The Morgan fingerprint density at radius 1 is 1.58 bits per heavy atom. The second kappa shape index (κ2) is 4.04. The summed E-state index contributed by atoms with van der Waals surface area (Å²) in [7, 11) is 0. The summed E-state index contributed by atoms with van der Waals surface area (Å²) in [5.74, 6) is 2.12. The summed E-state index contributed by atoms with van der Waals surface area (Å²) in [4.78, 5) is 11.2. The van der Waals surface area contributed by atoms with Crippen molar-refractivity contribution in [3.8, 4) is 0 Å². The molecule has 1 saturated carbocycles. The number of nitrogens with two attached hydrogens (primary N) is 1. The summed E-state index contributed by atoms with van der Waals surface area (Å²) in [5, 5.41) is 0. The molecule has 1 fully saturated rings. The topological polar surface area (TPSA) is 43.1 Å². The zero-order valence-corrected chi connectivity index (χ0v) is 8.05. The molecule has 1 rings (SSSR count). The zero-order valence-electron chi connectivity index (χ0n) is 8.05. The Bertz CT molecular complexity index is 167. The van der Waals surface area contributed by atoms with Crippen molar-refractivity contribution in [1.82, 2.24) is 0 Å². The molecule has 3 atom stereocenters. The average molecular weight is 169 g/mol. The van der Waals surface area contributed by atoms with E-state index in [0.717, 1.165) is 19.3 Å². The van der Waals surface area contributed by atoms with E-state index < -0.39 is 0 Å². The molecule has 0 aliphatic heterocycles. The maximum atomic E-state index is 11.2. The van der Waals surface area contributed by atoms with Gasteiger partial charge in [-0.1, -0.05) is 20.3 Å². The number of hydrogen-bond donors (Lipinski definition) is 1. The Hall–Kier alpha value is -0.370. The Balaban J connectivity index is 2.56. The molecule has 0 amide bonds. The van der Waals surface area contributed by atoms with Gasteiger partial charge in [-0.2, -0.15) is 0 Å². The van der Waals surface area contributed by atoms with Crippen LogP contribution in [0, 0.1) is 17.8 Å². The van der Waals surface area contributed by atoms with Crippen LogP contribution in [0.4, 0.5) is 0 Å². The maximum Gasteiger partial charge on any atom is 0.133 e. The molecule has 2 nitrogen and oxygen atoms in total. The zero-order chi connectivity index (χ0) is 9.14. The van der Waals surface area contributed by atoms with Crippen molar-refractivity contribution in [2.24, 2.45) is 23.5 Å². The second-order valence-electron chi connectivity index (χ2n) is 3.99. The molecular weight excluding hydrogens is 150 g/mol. The third-order valence-corrected chi connectivity index (χ3v) is 3.19. The van der Waals surface area contributed by atoms with Gasteiger partial charge >= 0.3 is 0 Å². The van der Waals surface area contributed by atoms with E-state index in [0.29, 0.717) is 30.1 Å². The van der Waals surface area contributed by atoms with E-state index in [2.05, 4.69) is 13.8 Å². The minimum Gasteiger partial charge on any atom is -0.330 e.